The average Bonchev–Trinajstić information content (AvgIpc) is 3.36. The molecule has 0 unspecified atom stereocenters. The van der Waals surface area contributed by atoms with E-state index in [0.29, 0.717) is 0 Å². The van der Waals surface area contributed by atoms with Gasteiger partial charge < -0.3 is 15.3 Å². The standard InChI is InChI=1S/C23H30N6O3S/c1-13(15-6-8-16(9-7-15)19-14(2)25-12-33-19)26-21(31)18-10-17(30)11-29(18)22(32)20(27-28-24)23(3,4)5/h6-9,12-13,17-18,20,30H,10-11H2,1-5H3,(H,26,31)/t13-,17+,18-,20+/m0/s1. The summed E-state index contributed by atoms with van der Waals surface area (Å²) in [5, 5.41) is 16.8. The molecule has 0 saturated carbocycles. The number of aromatic nitrogens is 1. The van der Waals surface area contributed by atoms with E-state index in [0.717, 1.165) is 21.7 Å². The van der Waals surface area contributed by atoms with Gasteiger partial charge in [0.05, 0.1) is 28.2 Å². The second-order valence-corrected chi connectivity index (χ2v) is 10.3. The number of azide groups is 1. The fourth-order valence-corrected chi connectivity index (χ4v) is 4.81. The first-order chi connectivity index (χ1) is 15.5. The Morgan fingerprint density at radius 2 is 2.00 bits per heavy atom. The molecule has 2 heterocycles. The number of carbonyl (C=O) groups excluding carboxylic acids is 2. The zero-order valence-corrected chi connectivity index (χ0v) is 20.3. The highest BCUT2D eigenvalue weighted by Gasteiger charge is 2.43. The quantitative estimate of drug-likeness (QED) is 0.375. The maximum Gasteiger partial charge on any atom is 0.243 e. The van der Waals surface area contributed by atoms with E-state index in [1.54, 1.807) is 32.1 Å². The van der Waals surface area contributed by atoms with Crippen LogP contribution in [0.15, 0.2) is 34.9 Å². The molecule has 2 N–H and O–H groups in total. The van der Waals surface area contributed by atoms with Gasteiger partial charge >= 0.3 is 0 Å². The Kier molecular flexibility index (Phi) is 7.41. The van der Waals surface area contributed by atoms with Crippen LogP contribution in [0, 0.1) is 12.3 Å². The minimum Gasteiger partial charge on any atom is -0.391 e. The molecule has 0 radical (unpaired) electrons. The third-order valence-electron chi connectivity index (χ3n) is 5.86. The largest absolute Gasteiger partial charge is 0.391 e. The van der Waals surface area contributed by atoms with E-state index in [1.807, 2.05) is 43.6 Å². The summed E-state index contributed by atoms with van der Waals surface area (Å²) in [6.07, 6.45) is -0.672. The lowest BCUT2D eigenvalue weighted by Crippen LogP contribution is -2.51. The summed E-state index contributed by atoms with van der Waals surface area (Å²) in [7, 11) is 0. The molecule has 0 aliphatic carbocycles. The lowest BCUT2D eigenvalue weighted by atomic mass is 9.86. The molecule has 1 fully saturated rings. The zero-order chi connectivity index (χ0) is 24.3. The Morgan fingerprint density at radius 1 is 1.33 bits per heavy atom. The van der Waals surface area contributed by atoms with Crippen LogP contribution in [0.5, 0.6) is 0 Å². The number of likely N-dealkylation sites (tertiary alicyclic amines) is 1. The van der Waals surface area contributed by atoms with E-state index < -0.39 is 29.5 Å². The number of hydrogen-bond donors (Lipinski definition) is 2. The molecule has 9 nitrogen and oxygen atoms in total. The molecule has 1 aliphatic heterocycles. The molecule has 2 amide bonds. The van der Waals surface area contributed by atoms with Crippen molar-refractivity contribution in [3.05, 3.63) is 51.5 Å². The maximum absolute atomic E-state index is 13.1. The molecule has 2 aromatic rings. The van der Waals surface area contributed by atoms with E-state index in [-0.39, 0.29) is 24.9 Å². The molecule has 1 saturated heterocycles. The van der Waals surface area contributed by atoms with Crippen LogP contribution in [0.1, 0.15) is 51.4 Å². The highest BCUT2D eigenvalue weighted by atomic mass is 32.1. The van der Waals surface area contributed by atoms with E-state index in [1.165, 1.54) is 4.90 Å². The third-order valence-corrected chi connectivity index (χ3v) is 6.84. The molecule has 0 bridgehead atoms. The number of aryl methyl sites for hydroxylation is 1. The van der Waals surface area contributed by atoms with Gasteiger partial charge in [0.15, 0.2) is 0 Å². The summed E-state index contributed by atoms with van der Waals surface area (Å²) in [6, 6.07) is 5.84. The molecule has 1 aliphatic rings. The summed E-state index contributed by atoms with van der Waals surface area (Å²) < 4.78 is 0. The number of rotatable bonds is 6. The predicted octanol–water partition coefficient (Wildman–Crippen LogP) is 3.98. The minimum absolute atomic E-state index is 0.0295. The van der Waals surface area contributed by atoms with Gasteiger partial charge in [-0.1, -0.05) is 50.2 Å². The van der Waals surface area contributed by atoms with Gasteiger partial charge in [-0.05, 0) is 35.9 Å². The topological polar surface area (TPSA) is 131 Å². The van der Waals surface area contributed by atoms with Crippen LogP contribution in [0.25, 0.3) is 20.9 Å². The lowest BCUT2D eigenvalue weighted by Gasteiger charge is -2.32. The Bertz CT molecular complexity index is 1050. The lowest BCUT2D eigenvalue weighted by molar-refractivity contribution is -0.141. The summed E-state index contributed by atoms with van der Waals surface area (Å²) >= 11 is 1.58. The van der Waals surface area contributed by atoms with Crippen LogP contribution in [0.4, 0.5) is 0 Å². The minimum atomic E-state index is -0.969. The van der Waals surface area contributed by atoms with E-state index in [2.05, 4.69) is 20.3 Å². The van der Waals surface area contributed by atoms with E-state index >= 15 is 0 Å². The molecule has 4 atom stereocenters. The van der Waals surface area contributed by atoms with Gasteiger partial charge in [-0.25, -0.2) is 4.98 Å². The number of amides is 2. The number of benzene rings is 1. The summed E-state index contributed by atoms with van der Waals surface area (Å²) in [6.45, 7) is 9.27. The summed E-state index contributed by atoms with van der Waals surface area (Å²) in [4.78, 5) is 35.8. The average molecular weight is 471 g/mol. The van der Waals surface area contributed by atoms with Gasteiger partial charge in [0.2, 0.25) is 11.8 Å². The van der Waals surface area contributed by atoms with Crippen molar-refractivity contribution in [1.29, 1.82) is 0 Å². The van der Waals surface area contributed by atoms with Gasteiger partial charge in [0, 0.05) is 17.9 Å². The zero-order valence-electron chi connectivity index (χ0n) is 19.5. The highest BCUT2D eigenvalue weighted by molar-refractivity contribution is 7.13. The Labute approximate surface area is 197 Å². The smallest absolute Gasteiger partial charge is 0.243 e. The molecule has 10 heteroatoms. The van der Waals surface area contributed by atoms with Crippen molar-refractivity contribution in [2.24, 2.45) is 10.5 Å². The molecule has 33 heavy (non-hydrogen) atoms. The number of thiazole rings is 1. The maximum atomic E-state index is 13.1. The van der Waals surface area contributed by atoms with Crippen molar-refractivity contribution in [2.45, 2.75) is 65.3 Å². The van der Waals surface area contributed by atoms with Crippen molar-refractivity contribution >= 4 is 23.2 Å². The molecular weight excluding hydrogens is 440 g/mol. The summed E-state index contributed by atoms with van der Waals surface area (Å²) in [5.74, 6) is -0.794. The van der Waals surface area contributed by atoms with Crippen LogP contribution in [-0.4, -0.2) is 51.5 Å². The third kappa shape index (κ3) is 5.52. The molecule has 1 aromatic carbocycles. The van der Waals surface area contributed by atoms with E-state index in [4.69, 9.17) is 5.53 Å². The number of nitrogens with one attached hydrogen (secondary N) is 1. The number of carbonyl (C=O) groups is 2. The molecule has 3 rings (SSSR count). The van der Waals surface area contributed by atoms with Crippen LogP contribution >= 0.6 is 11.3 Å². The number of nitrogens with zero attached hydrogens (tertiary/aromatic N) is 5. The first-order valence-corrected chi connectivity index (χ1v) is 11.7. The van der Waals surface area contributed by atoms with Gasteiger partial charge in [0.25, 0.3) is 0 Å². The summed E-state index contributed by atoms with van der Waals surface area (Å²) in [5.41, 5.74) is 13.1. The monoisotopic (exact) mass is 470 g/mol. The Morgan fingerprint density at radius 3 is 2.55 bits per heavy atom. The van der Waals surface area contributed by atoms with Gasteiger partial charge in [-0.2, -0.15) is 0 Å². The van der Waals surface area contributed by atoms with Gasteiger partial charge in [-0.3, -0.25) is 9.59 Å². The number of aliphatic hydroxyl groups is 1. The highest BCUT2D eigenvalue weighted by Crippen LogP contribution is 2.30. The van der Waals surface area contributed by atoms with Crippen LogP contribution in [0.3, 0.4) is 0 Å². The molecular formula is C23H30N6O3S. The second-order valence-electron chi connectivity index (χ2n) is 9.49. The Hall–Kier alpha value is -2.94. The van der Waals surface area contributed by atoms with E-state index in [9.17, 15) is 14.7 Å². The molecule has 1 aromatic heterocycles. The second kappa shape index (κ2) is 9.91. The molecule has 176 valence electrons. The number of aliphatic hydroxyl groups excluding tert-OH is 1. The Balaban J connectivity index is 1.73. The predicted molar refractivity (Wildman–Crippen MR) is 127 cm³/mol. The first-order valence-electron chi connectivity index (χ1n) is 10.9. The van der Waals surface area contributed by atoms with Crippen LogP contribution in [0.2, 0.25) is 0 Å². The van der Waals surface area contributed by atoms with Gasteiger partial charge in [-0.15, -0.1) is 11.3 Å². The fraction of sp³-hybridized carbons (Fsp3) is 0.522. The van der Waals surface area contributed by atoms with Crippen molar-refractivity contribution in [3.63, 3.8) is 0 Å². The van der Waals surface area contributed by atoms with Crippen LogP contribution < -0.4 is 5.32 Å². The SMILES string of the molecule is Cc1ncsc1-c1ccc([C@H](C)NC(=O)[C@@H]2C[C@@H](O)CN2C(=O)[C@@H](N=[N+]=[N-])C(C)(C)C)cc1. The van der Waals surface area contributed by atoms with Gasteiger partial charge in [0.1, 0.15) is 12.1 Å². The number of β-amino-alcohol motifs (C(OH)–C–C–N with tert-alkyl or cyclic N) is 1. The normalized spacial score (nSPS) is 20.1. The van der Waals surface area contributed by atoms with Crippen molar-refractivity contribution in [3.8, 4) is 10.4 Å². The first kappa shape index (κ1) is 24.7. The van der Waals surface area contributed by atoms with Crippen molar-refractivity contribution in [1.82, 2.24) is 15.2 Å². The number of hydrogen-bond acceptors (Lipinski definition) is 6. The molecule has 0 spiro atoms. The van der Waals surface area contributed by atoms with Crippen molar-refractivity contribution < 1.29 is 14.7 Å². The van der Waals surface area contributed by atoms with Crippen LogP contribution in [-0.2, 0) is 9.59 Å². The fourth-order valence-electron chi connectivity index (χ4n) is 4.00. The van der Waals surface area contributed by atoms with Crippen molar-refractivity contribution in [2.75, 3.05) is 6.54 Å².